The molecule has 2 unspecified atom stereocenters. The van der Waals surface area contributed by atoms with E-state index >= 15 is 0 Å². The van der Waals surface area contributed by atoms with Gasteiger partial charge in [0.2, 0.25) is 5.91 Å². The van der Waals surface area contributed by atoms with Crippen LogP contribution >= 0.6 is 0 Å². The summed E-state index contributed by atoms with van der Waals surface area (Å²) in [5.74, 6) is 1.66. The van der Waals surface area contributed by atoms with Crippen LogP contribution in [0.25, 0.3) is 21.8 Å². The molecule has 7 heteroatoms. The summed E-state index contributed by atoms with van der Waals surface area (Å²) in [6, 6.07) is 22.1. The zero-order valence-corrected chi connectivity index (χ0v) is 20.7. The number of fused-ring (bicyclic) bond motifs is 3. The van der Waals surface area contributed by atoms with Crippen LogP contribution in [-0.4, -0.2) is 48.4 Å². The van der Waals surface area contributed by atoms with Crippen LogP contribution in [0.2, 0.25) is 0 Å². The fraction of sp³-hybridized carbons (Fsp3) is 0.345. The Morgan fingerprint density at radius 2 is 1.78 bits per heavy atom. The Morgan fingerprint density at radius 3 is 2.58 bits per heavy atom. The van der Waals surface area contributed by atoms with Gasteiger partial charge < -0.3 is 30.6 Å². The van der Waals surface area contributed by atoms with Crippen molar-refractivity contribution in [3.8, 4) is 11.5 Å². The van der Waals surface area contributed by atoms with E-state index in [1.807, 2.05) is 42.5 Å². The smallest absolute Gasteiger partial charge is 0.217 e. The van der Waals surface area contributed by atoms with E-state index in [1.165, 1.54) is 5.56 Å². The molecule has 0 spiro atoms. The number of aliphatic hydroxyl groups excluding tert-OH is 1. The molecule has 4 rings (SSSR count). The lowest BCUT2D eigenvalue weighted by Gasteiger charge is -2.17. The molecule has 2 atom stereocenters. The molecule has 3 aromatic carbocycles. The summed E-state index contributed by atoms with van der Waals surface area (Å²) in [5.41, 5.74) is 8.46. The second kappa shape index (κ2) is 12.4. The Morgan fingerprint density at radius 1 is 1.00 bits per heavy atom. The second-order valence-electron chi connectivity index (χ2n) is 9.34. The molecule has 190 valence electrons. The molecule has 5 N–H and O–H groups in total. The molecule has 36 heavy (non-hydrogen) atoms. The average Bonchev–Trinajstić information content (AvgIpc) is 3.25. The fourth-order valence-corrected chi connectivity index (χ4v) is 4.36. The van der Waals surface area contributed by atoms with Gasteiger partial charge in [-0.1, -0.05) is 43.3 Å². The Kier molecular flexibility index (Phi) is 8.81. The number of aromatic nitrogens is 1. The molecular formula is C29H35N3O4. The third-order valence-electron chi connectivity index (χ3n) is 6.14. The van der Waals surface area contributed by atoms with Crippen LogP contribution < -0.4 is 20.5 Å². The first kappa shape index (κ1) is 25.5. The van der Waals surface area contributed by atoms with E-state index in [0.29, 0.717) is 31.9 Å². The summed E-state index contributed by atoms with van der Waals surface area (Å²) in [7, 11) is 0. The van der Waals surface area contributed by atoms with E-state index in [1.54, 1.807) is 0 Å². The van der Waals surface area contributed by atoms with Crippen molar-refractivity contribution < 1.29 is 19.4 Å². The highest BCUT2D eigenvalue weighted by molar-refractivity contribution is 6.10. The Bertz CT molecular complexity index is 1270. The number of hydrogen-bond acceptors (Lipinski definition) is 5. The van der Waals surface area contributed by atoms with Gasteiger partial charge in [0.1, 0.15) is 24.2 Å². The minimum absolute atomic E-state index is 0.223. The maximum absolute atomic E-state index is 10.8. The van der Waals surface area contributed by atoms with E-state index < -0.39 is 6.10 Å². The number of aliphatic hydroxyl groups is 1. The zero-order chi connectivity index (χ0) is 25.3. The number of rotatable bonds is 14. The lowest BCUT2D eigenvalue weighted by molar-refractivity contribution is -0.118. The Balaban J connectivity index is 1.18. The van der Waals surface area contributed by atoms with Crippen LogP contribution in [0, 0.1) is 5.92 Å². The van der Waals surface area contributed by atoms with Crippen LogP contribution in [-0.2, 0) is 11.2 Å². The third-order valence-corrected chi connectivity index (χ3v) is 6.14. The first-order valence-electron chi connectivity index (χ1n) is 12.5. The second-order valence-corrected chi connectivity index (χ2v) is 9.34. The van der Waals surface area contributed by atoms with Crippen molar-refractivity contribution in [2.45, 2.75) is 32.3 Å². The van der Waals surface area contributed by atoms with Gasteiger partial charge in [-0.3, -0.25) is 4.79 Å². The fourth-order valence-electron chi connectivity index (χ4n) is 4.36. The van der Waals surface area contributed by atoms with Gasteiger partial charge in [0.25, 0.3) is 0 Å². The largest absolute Gasteiger partial charge is 0.494 e. The molecule has 7 nitrogen and oxygen atoms in total. The zero-order valence-electron chi connectivity index (χ0n) is 20.7. The quantitative estimate of drug-likeness (QED) is 0.199. The standard InChI is InChI=1S/C29H35N3O4/c1-20(16-21-11-13-23(14-12-21)35-15-5-10-28(30)34)17-31-18-22(33)19-36-27-9-4-8-26-29(27)24-6-2-3-7-25(24)32-26/h2-4,6-9,11-14,20,22,31-33H,5,10,15-19H2,1H3,(H2,30,34). The number of nitrogens with one attached hydrogen (secondary N) is 2. The van der Waals surface area contributed by atoms with Crippen LogP contribution in [0.1, 0.15) is 25.3 Å². The van der Waals surface area contributed by atoms with Gasteiger partial charge in [0.05, 0.1) is 12.1 Å². The van der Waals surface area contributed by atoms with Crippen LogP contribution in [0.15, 0.2) is 66.7 Å². The summed E-state index contributed by atoms with van der Waals surface area (Å²) < 4.78 is 11.7. The number of carbonyl (C=O) groups excluding carboxylic acids is 1. The lowest BCUT2D eigenvalue weighted by atomic mass is 10.0. The summed E-state index contributed by atoms with van der Waals surface area (Å²) in [4.78, 5) is 14.2. The van der Waals surface area contributed by atoms with Gasteiger partial charge in [-0.2, -0.15) is 0 Å². The number of hydrogen-bond donors (Lipinski definition) is 4. The first-order valence-corrected chi connectivity index (χ1v) is 12.5. The molecule has 0 bridgehead atoms. The van der Waals surface area contributed by atoms with Gasteiger partial charge in [0.15, 0.2) is 0 Å². The van der Waals surface area contributed by atoms with E-state index in [9.17, 15) is 9.90 Å². The molecule has 0 saturated carbocycles. The van der Waals surface area contributed by atoms with Crippen molar-refractivity contribution in [1.29, 1.82) is 0 Å². The molecule has 0 radical (unpaired) electrons. The highest BCUT2D eigenvalue weighted by Gasteiger charge is 2.12. The van der Waals surface area contributed by atoms with Crippen molar-refractivity contribution in [2.24, 2.45) is 11.7 Å². The molecule has 0 saturated heterocycles. The number of H-pyrrole nitrogens is 1. The van der Waals surface area contributed by atoms with Crippen molar-refractivity contribution in [3.63, 3.8) is 0 Å². The van der Waals surface area contributed by atoms with Crippen molar-refractivity contribution in [2.75, 3.05) is 26.3 Å². The maximum Gasteiger partial charge on any atom is 0.217 e. The van der Waals surface area contributed by atoms with Gasteiger partial charge >= 0.3 is 0 Å². The predicted molar refractivity (Wildman–Crippen MR) is 143 cm³/mol. The van der Waals surface area contributed by atoms with Crippen molar-refractivity contribution >= 4 is 27.7 Å². The van der Waals surface area contributed by atoms with Gasteiger partial charge in [-0.25, -0.2) is 0 Å². The SMILES string of the molecule is CC(CNCC(O)COc1cccc2[nH]c3ccccc3c12)Cc1ccc(OCCCC(N)=O)cc1. The molecule has 1 heterocycles. The first-order chi connectivity index (χ1) is 17.5. The van der Waals surface area contributed by atoms with E-state index in [-0.39, 0.29) is 12.5 Å². The number of carbonyl (C=O) groups is 1. The summed E-state index contributed by atoms with van der Waals surface area (Å²) in [5, 5.41) is 16.0. The minimum atomic E-state index is -0.608. The average molecular weight is 490 g/mol. The van der Waals surface area contributed by atoms with Gasteiger partial charge in [-0.15, -0.1) is 0 Å². The summed E-state index contributed by atoms with van der Waals surface area (Å²) >= 11 is 0. The molecule has 0 aliphatic rings. The normalized spacial score (nSPS) is 13.1. The van der Waals surface area contributed by atoms with Gasteiger partial charge in [-0.05, 0) is 61.2 Å². The molecular weight excluding hydrogens is 454 g/mol. The van der Waals surface area contributed by atoms with Crippen molar-refractivity contribution in [1.82, 2.24) is 10.3 Å². The third kappa shape index (κ3) is 6.99. The Hall–Kier alpha value is -3.55. The molecule has 0 aliphatic carbocycles. The molecule has 0 aliphatic heterocycles. The van der Waals surface area contributed by atoms with Crippen molar-refractivity contribution in [3.05, 3.63) is 72.3 Å². The van der Waals surface area contributed by atoms with E-state index in [0.717, 1.165) is 46.3 Å². The van der Waals surface area contributed by atoms with E-state index in [4.69, 9.17) is 15.2 Å². The maximum atomic E-state index is 10.8. The molecule has 0 fully saturated rings. The Labute approximate surface area is 211 Å². The topological polar surface area (TPSA) is 110 Å². The summed E-state index contributed by atoms with van der Waals surface area (Å²) in [6.45, 7) is 4.14. The highest BCUT2D eigenvalue weighted by Crippen LogP contribution is 2.32. The highest BCUT2D eigenvalue weighted by atomic mass is 16.5. The predicted octanol–water partition coefficient (Wildman–Crippen LogP) is 4.17. The number of para-hydroxylation sites is 1. The number of aromatic amines is 1. The number of amides is 1. The van der Waals surface area contributed by atoms with Crippen LogP contribution in [0.3, 0.4) is 0 Å². The van der Waals surface area contributed by atoms with Crippen LogP contribution in [0.4, 0.5) is 0 Å². The summed E-state index contributed by atoms with van der Waals surface area (Å²) in [6.07, 6.45) is 1.27. The monoisotopic (exact) mass is 489 g/mol. The number of ether oxygens (including phenoxy) is 2. The number of benzene rings is 3. The molecule has 4 aromatic rings. The number of nitrogens with two attached hydrogens (primary N) is 1. The van der Waals surface area contributed by atoms with Crippen LogP contribution in [0.5, 0.6) is 11.5 Å². The lowest BCUT2D eigenvalue weighted by Crippen LogP contribution is -2.34. The number of primary amides is 1. The van der Waals surface area contributed by atoms with Gasteiger partial charge in [0, 0.05) is 29.3 Å². The molecule has 1 amide bonds. The van der Waals surface area contributed by atoms with E-state index in [2.05, 4.69) is 41.5 Å². The minimum Gasteiger partial charge on any atom is -0.494 e. The molecule has 1 aromatic heterocycles.